The molecule has 39 heavy (non-hydrogen) atoms. The van der Waals surface area contributed by atoms with Crippen LogP contribution < -0.4 is 0 Å². The molecule has 2 N–H and O–H groups in total. The highest BCUT2D eigenvalue weighted by molar-refractivity contribution is 6.31. The predicted molar refractivity (Wildman–Crippen MR) is 129 cm³/mol. The molecule has 5 rings (SSSR count). The van der Waals surface area contributed by atoms with Crippen molar-refractivity contribution < 1.29 is 57.8 Å². The molecule has 2 aliphatic carbocycles. The fourth-order valence-electron chi connectivity index (χ4n) is 7.19. The summed E-state index contributed by atoms with van der Waals surface area (Å²) < 4.78 is 35.1. The Bertz CT molecular complexity index is 1130. The van der Waals surface area contributed by atoms with E-state index in [0.717, 1.165) is 6.92 Å². The molecule has 216 valence electrons. The monoisotopic (exact) mass is 572 g/mol. The molecule has 0 bridgehead atoms. The minimum atomic E-state index is -2.24. The number of rotatable bonds is 4. The Hall–Kier alpha value is -2.25. The second-order valence-electron chi connectivity index (χ2n) is 11.4. The van der Waals surface area contributed by atoms with Crippen molar-refractivity contribution in [2.75, 3.05) is 13.2 Å². The maximum absolute atomic E-state index is 13.0. The number of carbonyl (C=O) groups is 4. The van der Waals surface area contributed by atoms with E-state index in [9.17, 15) is 29.4 Å². The molecule has 1 saturated carbocycles. The maximum atomic E-state index is 13.0. The summed E-state index contributed by atoms with van der Waals surface area (Å²) in [5.41, 5.74) is -4.48. The van der Waals surface area contributed by atoms with Crippen LogP contribution in [0.1, 0.15) is 47.5 Å². The van der Waals surface area contributed by atoms with Gasteiger partial charge < -0.3 is 38.6 Å². The minimum absolute atomic E-state index is 0.116. The Morgan fingerprint density at radius 1 is 1.08 bits per heavy atom. The average molecular weight is 573 g/mol. The summed E-state index contributed by atoms with van der Waals surface area (Å²) >= 11 is 6.73. The van der Waals surface area contributed by atoms with Crippen LogP contribution >= 0.6 is 11.6 Å². The third kappa shape index (κ3) is 4.18. The van der Waals surface area contributed by atoms with E-state index in [2.05, 4.69) is 0 Å². The van der Waals surface area contributed by atoms with E-state index >= 15 is 0 Å². The topological polar surface area (TPSA) is 171 Å². The fraction of sp³-hybridized carbons (Fsp3) is 0.769. The van der Waals surface area contributed by atoms with Crippen LogP contribution in [-0.2, 0) is 47.6 Å². The molecule has 4 fully saturated rings. The summed E-state index contributed by atoms with van der Waals surface area (Å²) in [5, 5.41) is 22.6. The Balaban J connectivity index is 1.82. The molecule has 0 amide bonds. The van der Waals surface area contributed by atoms with Crippen LogP contribution in [0.5, 0.6) is 0 Å². The highest BCUT2D eigenvalue weighted by atomic mass is 35.5. The van der Waals surface area contributed by atoms with Crippen LogP contribution in [0.2, 0.25) is 0 Å². The first kappa shape index (κ1) is 28.3. The number of ether oxygens (including phenoxy) is 6. The molecule has 3 saturated heterocycles. The number of carbonyl (C=O) groups excluding carboxylic acids is 4. The summed E-state index contributed by atoms with van der Waals surface area (Å²) in [7, 11) is 0. The van der Waals surface area contributed by atoms with E-state index in [-0.39, 0.29) is 17.2 Å². The number of hydrogen-bond acceptors (Lipinski definition) is 12. The van der Waals surface area contributed by atoms with Gasteiger partial charge in [0, 0.05) is 32.3 Å². The standard InChI is InChI=1S/C26H33ClO12/c1-10-23(32)39-20-16(27)14(8-28)17-18(38-17)21(36-12(3)30)24(5)15(35-11(2)29)6-7-25(9-34-25)19(24)22(26(10,20)33)37-13(4)31/h10,15,17-22,28,33H,6-9H2,1-5H3. The van der Waals surface area contributed by atoms with Crippen molar-refractivity contribution in [1.29, 1.82) is 0 Å². The Morgan fingerprint density at radius 2 is 1.67 bits per heavy atom. The van der Waals surface area contributed by atoms with Gasteiger partial charge in [-0.15, -0.1) is 0 Å². The van der Waals surface area contributed by atoms with Gasteiger partial charge in [0.2, 0.25) is 0 Å². The molecular weight excluding hydrogens is 540 g/mol. The van der Waals surface area contributed by atoms with Crippen molar-refractivity contribution in [3.05, 3.63) is 10.6 Å². The normalized spacial score (nSPS) is 46.3. The van der Waals surface area contributed by atoms with Crippen LogP contribution in [-0.4, -0.2) is 95.1 Å². The van der Waals surface area contributed by atoms with Gasteiger partial charge in [-0.25, -0.2) is 0 Å². The molecule has 13 heteroatoms. The average Bonchev–Trinajstić information content (AvgIpc) is 3.77. The summed E-state index contributed by atoms with van der Waals surface area (Å²) in [6.45, 7) is 6.36. The highest BCUT2D eigenvalue weighted by Crippen LogP contribution is 2.64. The van der Waals surface area contributed by atoms with Crippen LogP contribution in [0.3, 0.4) is 0 Å². The van der Waals surface area contributed by atoms with Gasteiger partial charge in [0.25, 0.3) is 0 Å². The van der Waals surface area contributed by atoms with E-state index in [0.29, 0.717) is 12.8 Å². The lowest BCUT2D eigenvalue weighted by atomic mass is 9.52. The zero-order chi connectivity index (χ0) is 28.7. The lowest BCUT2D eigenvalue weighted by molar-refractivity contribution is -0.243. The summed E-state index contributed by atoms with van der Waals surface area (Å²) in [5.74, 6) is -5.03. The second-order valence-corrected chi connectivity index (χ2v) is 11.8. The minimum Gasteiger partial charge on any atom is -0.462 e. The first-order valence-electron chi connectivity index (χ1n) is 13.0. The number of epoxide rings is 2. The zero-order valence-corrected chi connectivity index (χ0v) is 23.1. The van der Waals surface area contributed by atoms with Crippen molar-refractivity contribution >= 4 is 35.5 Å². The van der Waals surface area contributed by atoms with E-state index in [1.165, 1.54) is 20.8 Å². The molecule has 1 spiro atoms. The largest absolute Gasteiger partial charge is 0.462 e. The summed E-state index contributed by atoms with van der Waals surface area (Å²) in [6, 6.07) is 0. The predicted octanol–water partition coefficient (Wildman–Crippen LogP) is 0.526. The fourth-order valence-corrected chi connectivity index (χ4v) is 7.58. The number of halogens is 1. The Labute approximate surface area is 229 Å². The van der Waals surface area contributed by atoms with Gasteiger partial charge in [-0.1, -0.05) is 18.5 Å². The molecular formula is C26H33ClO12. The van der Waals surface area contributed by atoms with Gasteiger partial charge in [0.15, 0.2) is 11.7 Å². The van der Waals surface area contributed by atoms with Crippen molar-refractivity contribution in [2.24, 2.45) is 17.3 Å². The number of hydrogen-bond donors (Lipinski definition) is 2. The molecule has 0 aromatic carbocycles. The maximum Gasteiger partial charge on any atom is 0.312 e. The van der Waals surface area contributed by atoms with Gasteiger partial charge in [0.1, 0.15) is 30.5 Å². The Kier molecular flexibility index (Phi) is 6.82. The summed E-state index contributed by atoms with van der Waals surface area (Å²) in [6.07, 6.45) is -6.06. The van der Waals surface area contributed by atoms with Gasteiger partial charge in [-0.2, -0.15) is 0 Å². The third-order valence-electron chi connectivity index (χ3n) is 9.12. The number of aliphatic hydroxyl groups excluding tert-OH is 1. The number of esters is 4. The summed E-state index contributed by atoms with van der Waals surface area (Å²) in [4.78, 5) is 50.3. The quantitative estimate of drug-likeness (QED) is 0.272. The molecule has 3 aliphatic heterocycles. The van der Waals surface area contributed by atoms with Gasteiger partial charge in [-0.3, -0.25) is 19.2 Å². The van der Waals surface area contributed by atoms with Crippen molar-refractivity contribution in [2.45, 2.75) is 95.3 Å². The molecule has 12 nitrogen and oxygen atoms in total. The van der Waals surface area contributed by atoms with Crippen LogP contribution in [0.15, 0.2) is 10.6 Å². The van der Waals surface area contributed by atoms with Gasteiger partial charge in [0.05, 0.1) is 35.2 Å². The number of fused-ring (bicyclic) bond motifs is 4. The van der Waals surface area contributed by atoms with Gasteiger partial charge >= 0.3 is 23.9 Å². The van der Waals surface area contributed by atoms with E-state index in [1.54, 1.807) is 6.92 Å². The van der Waals surface area contributed by atoms with Crippen LogP contribution in [0.25, 0.3) is 0 Å². The SMILES string of the molecule is CC(=O)OC1CCC2(CO2)C2C(OC(C)=O)C3(O)C(C)C(=O)OC3C(Cl)=C(CO)C3OC3C(OC(C)=O)C12C. The van der Waals surface area contributed by atoms with E-state index in [1.807, 2.05) is 0 Å². The van der Waals surface area contributed by atoms with Crippen LogP contribution in [0.4, 0.5) is 0 Å². The first-order valence-corrected chi connectivity index (χ1v) is 13.3. The van der Waals surface area contributed by atoms with Gasteiger partial charge in [-0.05, 0) is 19.8 Å². The molecule has 0 aromatic rings. The Morgan fingerprint density at radius 3 is 2.21 bits per heavy atom. The van der Waals surface area contributed by atoms with E-state index < -0.39 is 95.6 Å². The lowest BCUT2D eigenvalue weighted by Crippen LogP contribution is -2.70. The lowest BCUT2D eigenvalue weighted by Gasteiger charge is -2.56. The van der Waals surface area contributed by atoms with Crippen LogP contribution in [0, 0.1) is 17.3 Å². The first-order chi connectivity index (χ1) is 18.2. The van der Waals surface area contributed by atoms with Crippen molar-refractivity contribution in [3.63, 3.8) is 0 Å². The van der Waals surface area contributed by atoms with Crippen molar-refractivity contribution in [1.82, 2.24) is 0 Å². The molecule has 0 aromatic heterocycles. The van der Waals surface area contributed by atoms with E-state index in [4.69, 9.17) is 40.0 Å². The smallest absolute Gasteiger partial charge is 0.312 e. The molecule has 5 aliphatic rings. The molecule has 3 heterocycles. The molecule has 0 radical (unpaired) electrons. The molecule has 11 unspecified atom stereocenters. The second kappa shape index (κ2) is 9.41. The highest BCUT2D eigenvalue weighted by Gasteiger charge is 2.77. The molecule has 11 atom stereocenters. The number of aliphatic hydroxyl groups is 2. The zero-order valence-electron chi connectivity index (χ0n) is 22.3. The third-order valence-corrected chi connectivity index (χ3v) is 9.56. The van der Waals surface area contributed by atoms with Crippen molar-refractivity contribution in [3.8, 4) is 0 Å².